The molecule has 212 valence electrons. The lowest BCUT2D eigenvalue weighted by molar-refractivity contribution is -0.206. The number of carbonyl (C=O) groups is 2. The Bertz CT molecular complexity index is 1080. The molecule has 38 heavy (non-hydrogen) atoms. The van der Waals surface area contributed by atoms with Gasteiger partial charge in [-0.1, -0.05) is 71.8 Å². The molecule has 0 aromatic carbocycles. The predicted molar refractivity (Wildman–Crippen MR) is 151 cm³/mol. The third kappa shape index (κ3) is 3.89. The number of hydrogen-bond acceptors (Lipinski definition) is 4. The Balaban J connectivity index is 1.55. The number of ether oxygens (including phenoxy) is 2. The van der Waals surface area contributed by atoms with E-state index in [1.54, 1.807) is 18.1 Å². The third-order valence-corrected chi connectivity index (χ3v) is 12.9. The molecule has 0 aliphatic heterocycles. The first kappa shape index (κ1) is 28.0. The Morgan fingerprint density at radius 3 is 2.18 bits per heavy atom. The molecule has 7 atom stereocenters. The molecule has 4 heteroatoms. The fraction of sp³-hybridized carbons (Fsp3) is 0.824. The molecule has 0 heterocycles. The Labute approximate surface area is 231 Å². The summed E-state index contributed by atoms with van der Waals surface area (Å²) in [5.74, 6) is 0.856. The molecule has 4 fully saturated rings. The van der Waals surface area contributed by atoms with Gasteiger partial charge in [-0.25, -0.2) is 0 Å². The van der Waals surface area contributed by atoms with Crippen molar-refractivity contribution >= 4 is 11.9 Å². The van der Waals surface area contributed by atoms with Crippen molar-refractivity contribution in [1.29, 1.82) is 0 Å². The summed E-state index contributed by atoms with van der Waals surface area (Å²) in [4.78, 5) is 23.8. The van der Waals surface area contributed by atoms with E-state index in [4.69, 9.17) is 9.47 Å². The molecule has 0 saturated heterocycles. The van der Waals surface area contributed by atoms with Gasteiger partial charge in [0, 0.05) is 30.1 Å². The van der Waals surface area contributed by atoms with Gasteiger partial charge in [0.2, 0.25) is 0 Å². The Morgan fingerprint density at radius 2 is 1.53 bits per heavy atom. The Kier molecular flexibility index (Phi) is 6.41. The van der Waals surface area contributed by atoms with Crippen LogP contribution >= 0.6 is 0 Å². The monoisotopic (exact) mass is 524 g/mol. The maximum absolute atomic E-state index is 11.9. The molecule has 4 nitrogen and oxygen atoms in total. The van der Waals surface area contributed by atoms with Crippen LogP contribution in [0, 0.1) is 44.3 Å². The van der Waals surface area contributed by atoms with Crippen LogP contribution in [0.15, 0.2) is 23.3 Å². The zero-order valence-corrected chi connectivity index (χ0v) is 25.6. The molecule has 0 aromatic heterocycles. The first-order chi connectivity index (χ1) is 17.5. The average Bonchev–Trinajstić information content (AvgIpc) is 2.80. The lowest BCUT2D eigenvalue weighted by Crippen LogP contribution is -2.63. The lowest BCUT2D eigenvalue weighted by Gasteiger charge is -2.70. The molecule has 0 unspecified atom stereocenters. The fourth-order valence-corrected chi connectivity index (χ4v) is 10.7. The second-order valence-electron chi connectivity index (χ2n) is 15.8. The van der Waals surface area contributed by atoms with Gasteiger partial charge in [0.15, 0.2) is 0 Å². The predicted octanol–water partition coefficient (Wildman–Crippen LogP) is 8.20. The number of carbonyl (C=O) groups excluding carboxylic acids is 2. The van der Waals surface area contributed by atoms with Crippen molar-refractivity contribution in [3.8, 4) is 0 Å². The van der Waals surface area contributed by atoms with Crippen LogP contribution in [0.2, 0.25) is 0 Å². The SMILES string of the molecule is CC(=O)OC[C@@]12C=C[C@]3(C)C(=C1CC(C)(C)CC2)CC[C@@H]1[C@@]2(C)CC[C@H](OC(C)=O)C(C)(C)[C@@H]2CC[C@]13C. The number of rotatable bonds is 3. The van der Waals surface area contributed by atoms with Gasteiger partial charge in [0.1, 0.15) is 12.7 Å². The van der Waals surface area contributed by atoms with E-state index in [2.05, 4.69) is 60.6 Å². The molecule has 0 amide bonds. The highest BCUT2D eigenvalue weighted by Crippen LogP contribution is 2.74. The molecule has 0 bridgehead atoms. The van der Waals surface area contributed by atoms with Crippen LogP contribution in [0.5, 0.6) is 0 Å². The fourth-order valence-electron chi connectivity index (χ4n) is 10.7. The summed E-state index contributed by atoms with van der Waals surface area (Å²) in [6.45, 7) is 20.8. The minimum absolute atomic E-state index is 0.0141. The normalized spacial score (nSPS) is 44.7. The topological polar surface area (TPSA) is 52.6 Å². The van der Waals surface area contributed by atoms with E-state index in [1.807, 2.05) is 0 Å². The van der Waals surface area contributed by atoms with Crippen LogP contribution in [0.4, 0.5) is 0 Å². The molecule has 0 spiro atoms. The number of esters is 2. The van der Waals surface area contributed by atoms with E-state index < -0.39 is 0 Å². The van der Waals surface area contributed by atoms with E-state index in [0.29, 0.717) is 18.4 Å². The Morgan fingerprint density at radius 1 is 0.816 bits per heavy atom. The molecule has 5 aliphatic carbocycles. The highest BCUT2D eigenvalue weighted by Gasteiger charge is 2.67. The molecule has 0 radical (unpaired) electrons. The molecular formula is C34H52O4. The summed E-state index contributed by atoms with van der Waals surface area (Å²) in [5.41, 5.74) is 3.80. The molecule has 0 aromatic rings. The average molecular weight is 525 g/mol. The van der Waals surface area contributed by atoms with Crippen molar-refractivity contribution in [1.82, 2.24) is 0 Å². The van der Waals surface area contributed by atoms with E-state index in [1.165, 1.54) is 26.2 Å². The summed E-state index contributed by atoms with van der Waals surface area (Å²) in [6.07, 6.45) is 15.2. The highest BCUT2D eigenvalue weighted by molar-refractivity contribution is 5.66. The van der Waals surface area contributed by atoms with Gasteiger partial charge in [0.05, 0.1) is 0 Å². The van der Waals surface area contributed by atoms with Gasteiger partial charge >= 0.3 is 11.9 Å². The summed E-state index contributed by atoms with van der Waals surface area (Å²) in [5, 5.41) is 0. The van der Waals surface area contributed by atoms with Crippen LogP contribution in [-0.2, 0) is 19.1 Å². The summed E-state index contributed by atoms with van der Waals surface area (Å²) < 4.78 is 11.6. The largest absolute Gasteiger partial charge is 0.465 e. The highest BCUT2D eigenvalue weighted by atomic mass is 16.5. The molecule has 0 N–H and O–H groups in total. The molecule has 5 aliphatic rings. The van der Waals surface area contributed by atoms with Gasteiger partial charge < -0.3 is 9.47 Å². The van der Waals surface area contributed by atoms with E-state index >= 15 is 0 Å². The summed E-state index contributed by atoms with van der Waals surface area (Å²) in [6, 6.07) is 0. The summed E-state index contributed by atoms with van der Waals surface area (Å²) >= 11 is 0. The minimum Gasteiger partial charge on any atom is -0.465 e. The quantitative estimate of drug-likeness (QED) is 0.276. The van der Waals surface area contributed by atoms with Crippen molar-refractivity contribution in [2.24, 2.45) is 44.3 Å². The van der Waals surface area contributed by atoms with E-state index in [-0.39, 0.29) is 50.5 Å². The maximum atomic E-state index is 11.9. The van der Waals surface area contributed by atoms with Crippen LogP contribution in [0.25, 0.3) is 0 Å². The maximum Gasteiger partial charge on any atom is 0.302 e. The van der Waals surface area contributed by atoms with Gasteiger partial charge in [-0.3, -0.25) is 9.59 Å². The van der Waals surface area contributed by atoms with Crippen LogP contribution < -0.4 is 0 Å². The van der Waals surface area contributed by atoms with Gasteiger partial charge in [-0.05, 0) is 85.9 Å². The number of allylic oxidation sites excluding steroid dienone is 2. The second-order valence-corrected chi connectivity index (χ2v) is 15.8. The van der Waals surface area contributed by atoms with Crippen LogP contribution in [-0.4, -0.2) is 24.6 Å². The third-order valence-electron chi connectivity index (χ3n) is 12.9. The number of hydrogen-bond donors (Lipinski definition) is 0. The smallest absolute Gasteiger partial charge is 0.302 e. The minimum atomic E-state index is -0.177. The molecular weight excluding hydrogens is 472 g/mol. The molecule has 5 rings (SSSR count). The van der Waals surface area contributed by atoms with Crippen molar-refractivity contribution < 1.29 is 19.1 Å². The zero-order chi connectivity index (χ0) is 27.9. The molecule has 4 saturated carbocycles. The number of fused-ring (bicyclic) bond motifs is 6. The lowest BCUT2D eigenvalue weighted by atomic mass is 9.35. The summed E-state index contributed by atoms with van der Waals surface area (Å²) in [7, 11) is 0. The zero-order valence-electron chi connectivity index (χ0n) is 25.6. The van der Waals surface area contributed by atoms with E-state index in [0.717, 1.165) is 38.5 Å². The van der Waals surface area contributed by atoms with Gasteiger partial charge in [0.25, 0.3) is 0 Å². The first-order valence-electron chi connectivity index (χ1n) is 15.2. The first-order valence-corrected chi connectivity index (χ1v) is 15.2. The van der Waals surface area contributed by atoms with Gasteiger partial charge in [-0.2, -0.15) is 0 Å². The Hall–Kier alpha value is -1.58. The van der Waals surface area contributed by atoms with Gasteiger partial charge in [-0.15, -0.1) is 0 Å². The van der Waals surface area contributed by atoms with Crippen molar-refractivity contribution in [3.05, 3.63) is 23.3 Å². The van der Waals surface area contributed by atoms with E-state index in [9.17, 15) is 9.59 Å². The van der Waals surface area contributed by atoms with Crippen LogP contribution in [0.3, 0.4) is 0 Å². The van der Waals surface area contributed by atoms with Crippen molar-refractivity contribution in [2.75, 3.05) is 6.61 Å². The van der Waals surface area contributed by atoms with Crippen molar-refractivity contribution in [3.63, 3.8) is 0 Å². The van der Waals surface area contributed by atoms with Crippen LogP contribution in [0.1, 0.15) is 120 Å². The van der Waals surface area contributed by atoms with Crippen molar-refractivity contribution in [2.45, 2.75) is 126 Å². The second kappa shape index (κ2) is 8.71. The standard InChI is InChI=1S/C34H52O4/c1-22(35)37-21-34-18-16-29(3,4)20-25(34)24-10-11-27-31(7)14-13-28(38-23(2)36)30(5,6)26(31)12-15-33(27,9)32(24,8)17-19-34/h17,19,26-28H,10-16,18,20-21H2,1-9H3/t26-,27+,28-,31-,32+,33+,34+/m0/s1.